The van der Waals surface area contributed by atoms with Crippen molar-refractivity contribution in [3.05, 3.63) is 41.5 Å². The summed E-state index contributed by atoms with van der Waals surface area (Å²) >= 11 is 0. The lowest BCUT2D eigenvalue weighted by Crippen LogP contribution is -2.29. The Morgan fingerprint density at radius 3 is 2.40 bits per heavy atom. The van der Waals surface area contributed by atoms with Gasteiger partial charge in [0.25, 0.3) is 0 Å². The summed E-state index contributed by atoms with van der Waals surface area (Å²) in [4.78, 5) is 14.1. The topological polar surface area (TPSA) is 89.9 Å². The minimum absolute atomic E-state index is 0.0102. The van der Waals surface area contributed by atoms with Gasteiger partial charge in [0, 0.05) is 15.5 Å². The van der Waals surface area contributed by atoms with Gasteiger partial charge in [0.2, 0.25) is 0 Å². The zero-order valence-corrected chi connectivity index (χ0v) is 13.2. The van der Waals surface area contributed by atoms with Crippen LogP contribution in [0.5, 0.6) is 5.75 Å². The van der Waals surface area contributed by atoms with Gasteiger partial charge in [-0.3, -0.25) is 4.94 Å². The minimum Gasteiger partial charge on any atom is -0.377 e. The molecule has 0 fully saturated rings. The van der Waals surface area contributed by atoms with Crippen LogP contribution in [-0.4, -0.2) is 25.0 Å². The number of rotatable bonds is 4. The normalized spacial score (nSPS) is 13.5. The molecular formula is C14H10F4O6S. The van der Waals surface area contributed by atoms with Crippen molar-refractivity contribution in [2.24, 2.45) is 0 Å². The molecule has 0 bridgehead atoms. The Morgan fingerprint density at radius 1 is 1.24 bits per heavy atom. The molecule has 1 unspecified atom stereocenters. The zero-order chi connectivity index (χ0) is 19.0. The fourth-order valence-corrected chi connectivity index (χ4v) is 2.70. The molecule has 136 valence electrons. The first-order valence-electron chi connectivity index (χ1n) is 6.53. The Labute approximate surface area is 138 Å². The number of hydrogen-bond acceptors (Lipinski definition) is 6. The molecule has 0 aliphatic carbocycles. The lowest BCUT2D eigenvalue weighted by atomic mass is 9.96. The molecule has 0 saturated heterocycles. The van der Waals surface area contributed by atoms with Crippen LogP contribution in [-0.2, 0) is 19.9 Å². The van der Waals surface area contributed by atoms with E-state index in [0.29, 0.717) is 0 Å². The molecule has 1 N–H and O–H groups in total. The molecule has 0 aliphatic rings. The van der Waals surface area contributed by atoms with Crippen molar-refractivity contribution in [2.45, 2.75) is 18.5 Å². The van der Waals surface area contributed by atoms with E-state index in [4.69, 9.17) is 0 Å². The van der Waals surface area contributed by atoms with Crippen molar-refractivity contribution >= 4 is 26.9 Å². The Balaban J connectivity index is 2.80. The minimum atomic E-state index is -6.10. The first-order valence-corrected chi connectivity index (χ1v) is 7.94. The van der Waals surface area contributed by atoms with Crippen LogP contribution < -0.4 is 4.18 Å². The highest BCUT2D eigenvalue weighted by molar-refractivity contribution is 7.88. The van der Waals surface area contributed by atoms with Crippen LogP contribution >= 0.6 is 0 Å². The molecular weight excluding hydrogens is 372 g/mol. The van der Waals surface area contributed by atoms with E-state index in [1.165, 1.54) is 37.3 Å². The largest absolute Gasteiger partial charge is 0.534 e. The molecule has 0 spiro atoms. The molecule has 0 aromatic heterocycles. The number of carbonyl (C=O) groups excluding carboxylic acids is 1. The number of fused-ring (bicyclic) bond motifs is 1. The molecule has 6 nitrogen and oxygen atoms in total. The molecule has 0 radical (unpaired) electrons. The molecule has 25 heavy (non-hydrogen) atoms. The molecule has 11 heteroatoms. The van der Waals surface area contributed by atoms with Gasteiger partial charge in [0.1, 0.15) is 0 Å². The van der Waals surface area contributed by atoms with Crippen molar-refractivity contribution in [3.8, 4) is 5.75 Å². The first kappa shape index (κ1) is 18.9. The van der Waals surface area contributed by atoms with Gasteiger partial charge in [-0.1, -0.05) is 30.3 Å². The summed E-state index contributed by atoms with van der Waals surface area (Å²) in [5.41, 5.74) is -6.42. The van der Waals surface area contributed by atoms with Crippen molar-refractivity contribution < 1.29 is 45.1 Å². The third-order valence-electron chi connectivity index (χ3n) is 3.30. The maximum absolute atomic E-state index is 12.7. The van der Waals surface area contributed by atoms with Crippen molar-refractivity contribution in [2.75, 3.05) is 0 Å². The van der Waals surface area contributed by atoms with E-state index in [2.05, 4.69) is 9.12 Å². The van der Waals surface area contributed by atoms with Crippen molar-refractivity contribution in [3.63, 3.8) is 0 Å². The predicted molar refractivity (Wildman–Crippen MR) is 76.4 cm³/mol. The van der Waals surface area contributed by atoms with Crippen molar-refractivity contribution in [1.82, 2.24) is 0 Å². The Kier molecular flexibility index (Phi) is 4.91. The molecule has 0 saturated carbocycles. The van der Waals surface area contributed by atoms with Crippen LogP contribution in [0.15, 0.2) is 30.3 Å². The highest BCUT2D eigenvalue weighted by Gasteiger charge is 2.49. The van der Waals surface area contributed by atoms with Crippen LogP contribution in [0.4, 0.5) is 17.7 Å². The number of aliphatic hydroxyl groups is 1. The van der Waals surface area contributed by atoms with Crippen LogP contribution in [0.1, 0.15) is 17.2 Å². The summed E-state index contributed by atoms with van der Waals surface area (Å²) in [6.45, 7) is 1.27. The maximum atomic E-state index is 12.7. The third kappa shape index (κ3) is 3.51. The van der Waals surface area contributed by atoms with Gasteiger partial charge in [-0.05, 0) is 17.9 Å². The van der Waals surface area contributed by atoms with E-state index in [-0.39, 0.29) is 16.3 Å². The van der Waals surface area contributed by atoms with E-state index in [1.807, 2.05) is 0 Å². The van der Waals surface area contributed by atoms with Gasteiger partial charge in [-0.2, -0.15) is 21.6 Å². The SMILES string of the molecule is Cc1cc2ccccc2c(OS(=O)(=O)C(F)(F)F)c1C(O)C(=O)OF. The van der Waals surface area contributed by atoms with E-state index < -0.39 is 39.0 Å². The lowest BCUT2D eigenvalue weighted by Gasteiger charge is -2.19. The number of carbonyl (C=O) groups is 1. The second kappa shape index (κ2) is 6.48. The van der Waals surface area contributed by atoms with Gasteiger partial charge in [0.05, 0.1) is 0 Å². The van der Waals surface area contributed by atoms with Gasteiger partial charge in [-0.15, -0.1) is 0 Å². The Morgan fingerprint density at radius 2 is 1.84 bits per heavy atom. The number of halogens is 4. The summed E-state index contributed by atoms with van der Waals surface area (Å²) in [5, 5.41) is 9.98. The molecule has 0 amide bonds. The second-order valence-electron chi connectivity index (χ2n) is 4.94. The second-order valence-corrected chi connectivity index (χ2v) is 6.48. The smallest absolute Gasteiger partial charge is 0.377 e. The van der Waals surface area contributed by atoms with Crippen LogP contribution in [0.25, 0.3) is 10.8 Å². The maximum Gasteiger partial charge on any atom is 0.534 e. The highest BCUT2D eigenvalue weighted by Crippen LogP contribution is 2.39. The number of aliphatic hydroxyl groups excluding tert-OH is 1. The number of aryl methyl sites for hydroxylation is 1. The fraction of sp³-hybridized carbons (Fsp3) is 0.214. The monoisotopic (exact) mass is 382 g/mol. The average Bonchev–Trinajstić information content (AvgIpc) is 2.52. The van der Waals surface area contributed by atoms with Crippen LogP contribution in [0.3, 0.4) is 0 Å². The molecule has 0 aliphatic heterocycles. The summed E-state index contributed by atoms with van der Waals surface area (Å²) < 4.78 is 76.9. The predicted octanol–water partition coefficient (Wildman–Crippen LogP) is 2.84. The molecule has 1 atom stereocenters. The lowest BCUT2D eigenvalue weighted by molar-refractivity contribution is -0.194. The van der Waals surface area contributed by atoms with E-state index in [1.54, 1.807) is 0 Å². The summed E-state index contributed by atoms with van der Waals surface area (Å²) in [6.07, 6.45) is -2.40. The third-order valence-corrected chi connectivity index (χ3v) is 4.25. The van der Waals surface area contributed by atoms with E-state index >= 15 is 0 Å². The van der Waals surface area contributed by atoms with Crippen LogP contribution in [0.2, 0.25) is 0 Å². The molecule has 2 aromatic carbocycles. The Hall–Kier alpha value is -2.40. The summed E-state index contributed by atoms with van der Waals surface area (Å²) in [5.74, 6) is -2.78. The van der Waals surface area contributed by atoms with E-state index in [9.17, 15) is 36.0 Å². The van der Waals surface area contributed by atoms with Gasteiger partial charge in [0.15, 0.2) is 11.9 Å². The Bertz CT molecular complexity index is 923. The molecule has 2 aromatic rings. The highest BCUT2D eigenvalue weighted by atomic mass is 32.2. The van der Waals surface area contributed by atoms with Crippen molar-refractivity contribution in [1.29, 1.82) is 0 Å². The zero-order valence-electron chi connectivity index (χ0n) is 12.4. The standard InChI is InChI=1S/C14H10F4O6S/c1-7-6-8-4-2-3-5-9(8)12(10(7)11(19)13(20)23-18)24-25(21,22)14(15,16)17/h2-6,11,19H,1H3. The number of alkyl halides is 3. The molecule has 0 heterocycles. The van der Waals surface area contributed by atoms with Gasteiger partial charge < -0.3 is 9.29 Å². The van der Waals surface area contributed by atoms with Gasteiger partial charge >= 0.3 is 21.6 Å². The summed E-state index contributed by atoms with van der Waals surface area (Å²) in [7, 11) is -6.10. The quantitative estimate of drug-likeness (QED) is 0.497. The number of hydrogen-bond donors (Lipinski definition) is 1. The fourth-order valence-electron chi connectivity index (χ4n) is 2.21. The van der Waals surface area contributed by atoms with E-state index in [0.717, 1.165) is 0 Å². The first-order chi connectivity index (χ1) is 11.5. The van der Waals surface area contributed by atoms with Gasteiger partial charge in [-0.25, -0.2) is 4.79 Å². The average molecular weight is 382 g/mol. The van der Waals surface area contributed by atoms with Crippen LogP contribution in [0, 0.1) is 6.92 Å². The summed E-state index contributed by atoms with van der Waals surface area (Å²) in [6, 6.07) is 6.91. The molecule has 2 rings (SSSR count). The number of benzene rings is 2.